The molecule has 19 heavy (non-hydrogen) atoms. The van der Waals surface area contributed by atoms with Crippen LogP contribution in [0.5, 0.6) is 0 Å². The third-order valence-corrected chi connectivity index (χ3v) is 3.96. The summed E-state index contributed by atoms with van der Waals surface area (Å²) in [5.41, 5.74) is 7.61. The molecule has 0 fully saturated rings. The van der Waals surface area contributed by atoms with E-state index in [-0.39, 0.29) is 0 Å². The Kier molecular flexibility index (Phi) is 4.64. The number of hydrogen-bond acceptors (Lipinski definition) is 1. The van der Waals surface area contributed by atoms with Gasteiger partial charge >= 0.3 is 0 Å². The van der Waals surface area contributed by atoms with Crippen molar-refractivity contribution in [2.24, 2.45) is 0 Å². The Balaban J connectivity index is 2.58. The van der Waals surface area contributed by atoms with E-state index in [1.54, 1.807) is 0 Å². The van der Waals surface area contributed by atoms with Crippen LogP contribution in [0.4, 0.5) is 0 Å². The van der Waals surface area contributed by atoms with Crippen molar-refractivity contribution in [3.63, 3.8) is 0 Å². The third kappa shape index (κ3) is 3.00. The van der Waals surface area contributed by atoms with Crippen molar-refractivity contribution in [3.05, 3.63) is 65.2 Å². The van der Waals surface area contributed by atoms with Crippen LogP contribution in [0.1, 0.15) is 23.6 Å². The van der Waals surface area contributed by atoms with Gasteiger partial charge in [0.1, 0.15) is 0 Å². The highest BCUT2D eigenvalue weighted by Gasteiger charge is 2.07. The predicted molar refractivity (Wildman–Crippen MR) is 92.2 cm³/mol. The minimum Gasteiger partial charge on any atom is -0.328 e. The molecule has 0 aliphatic rings. The number of benzene rings is 2. The summed E-state index contributed by atoms with van der Waals surface area (Å²) in [6.07, 6.45) is 2.10. The number of hydrogen-bond donors (Lipinski definition) is 1. The summed E-state index contributed by atoms with van der Waals surface area (Å²) in [6, 6.07) is 15.2. The molecule has 0 aliphatic carbocycles. The van der Waals surface area contributed by atoms with Gasteiger partial charge in [0.25, 0.3) is 0 Å². The van der Waals surface area contributed by atoms with E-state index in [0.717, 1.165) is 5.70 Å². The number of allylic oxidation sites excluding steroid dienone is 1. The van der Waals surface area contributed by atoms with Gasteiger partial charge in [-0.1, -0.05) is 42.5 Å². The van der Waals surface area contributed by atoms with Gasteiger partial charge in [-0.05, 0) is 54.7 Å². The Morgan fingerprint density at radius 1 is 1.00 bits per heavy atom. The molecule has 0 atom stereocenters. The molecule has 0 heterocycles. The topological polar surface area (TPSA) is 12.0 Å². The third-order valence-electron chi connectivity index (χ3n) is 3.37. The fourth-order valence-electron chi connectivity index (χ4n) is 2.23. The molecule has 1 nitrogen and oxygen atoms in total. The van der Waals surface area contributed by atoms with E-state index in [0.29, 0.717) is 0 Å². The quantitative estimate of drug-likeness (QED) is 0.579. The van der Waals surface area contributed by atoms with Crippen molar-refractivity contribution in [1.82, 2.24) is 3.53 Å². The van der Waals surface area contributed by atoms with Crippen molar-refractivity contribution in [3.8, 4) is 11.1 Å². The zero-order valence-corrected chi connectivity index (χ0v) is 13.7. The minimum absolute atomic E-state index is 1.15. The molecular weight excluding hydrogens is 345 g/mol. The Labute approximate surface area is 129 Å². The highest BCUT2D eigenvalue weighted by Crippen LogP contribution is 2.29. The molecular formula is C17H18IN. The average molecular weight is 363 g/mol. The lowest BCUT2D eigenvalue weighted by molar-refractivity contribution is 1.37. The van der Waals surface area contributed by atoms with Gasteiger partial charge in [0.2, 0.25) is 0 Å². The number of aryl methyl sites for hydroxylation is 2. The van der Waals surface area contributed by atoms with Crippen LogP contribution < -0.4 is 3.53 Å². The maximum Gasteiger partial charge on any atom is 0.0560 e. The van der Waals surface area contributed by atoms with Crippen molar-refractivity contribution >= 4 is 28.6 Å². The van der Waals surface area contributed by atoms with Crippen LogP contribution in [0.2, 0.25) is 0 Å². The molecule has 0 unspecified atom stereocenters. The van der Waals surface area contributed by atoms with Gasteiger partial charge in [-0.15, -0.1) is 0 Å². The fourth-order valence-corrected chi connectivity index (χ4v) is 2.85. The van der Waals surface area contributed by atoms with E-state index in [4.69, 9.17) is 0 Å². The highest BCUT2D eigenvalue weighted by atomic mass is 127. The van der Waals surface area contributed by atoms with E-state index in [2.05, 4.69) is 88.8 Å². The van der Waals surface area contributed by atoms with Crippen LogP contribution in [0.3, 0.4) is 0 Å². The first-order valence-electron chi connectivity index (χ1n) is 6.37. The molecule has 0 saturated carbocycles. The Bertz CT molecular complexity index is 614. The van der Waals surface area contributed by atoms with Gasteiger partial charge in [0.15, 0.2) is 0 Å². The molecule has 98 valence electrons. The normalized spacial score (nSPS) is 11.5. The lowest BCUT2D eigenvalue weighted by Crippen LogP contribution is -1.98. The van der Waals surface area contributed by atoms with Gasteiger partial charge in [0, 0.05) is 5.70 Å². The smallest absolute Gasteiger partial charge is 0.0560 e. The molecule has 0 spiro atoms. The fraction of sp³-hybridized carbons (Fsp3) is 0.176. The molecule has 1 N–H and O–H groups in total. The molecule has 0 aliphatic heterocycles. The number of nitrogens with one attached hydrogen (secondary N) is 1. The maximum absolute atomic E-state index is 3.21. The second kappa shape index (κ2) is 6.24. The van der Waals surface area contributed by atoms with E-state index in [1.165, 1.54) is 27.8 Å². The van der Waals surface area contributed by atoms with Gasteiger partial charge in [-0.3, -0.25) is 0 Å². The van der Waals surface area contributed by atoms with Gasteiger partial charge < -0.3 is 3.53 Å². The summed E-state index contributed by atoms with van der Waals surface area (Å²) >= 11 is 2.18. The van der Waals surface area contributed by atoms with E-state index >= 15 is 0 Å². The highest BCUT2D eigenvalue weighted by molar-refractivity contribution is 14.1. The SMILES string of the molecule is C/C=C(\NI)c1ccc(C)c(-c2ccccc2C)c1. The zero-order valence-electron chi connectivity index (χ0n) is 11.5. The Hall–Kier alpha value is -1.29. The molecule has 2 aromatic rings. The molecule has 2 rings (SSSR count). The van der Waals surface area contributed by atoms with E-state index < -0.39 is 0 Å². The summed E-state index contributed by atoms with van der Waals surface area (Å²) in [5, 5.41) is 0. The molecule has 0 saturated heterocycles. The van der Waals surface area contributed by atoms with Gasteiger partial charge in [0.05, 0.1) is 22.9 Å². The Morgan fingerprint density at radius 2 is 1.68 bits per heavy atom. The number of rotatable bonds is 3. The molecule has 0 bridgehead atoms. The predicted octanol–water partition coefficient (Wildman–Crippen LogP) is 5.27. The molecule has 2 heteroatoms. The van der Waals surface area contributed by atoms with Crippen molar-refractivity contribution in [1.29, 1.82) is 0 Å². The molecule has 2 aromatic carbocycles. The number of halogens is 1. The summed E-state index contributed by atoms with van der Waals surface area (Å²) in [7, 11) is 0. The second-order valence-corrected chi connectivity index (χ2v) is 5.18. The standard InChI is InChI=1S/C17H18IN/c1-4-17(19-18)14-10-9-13(3)16(11-14)15-8-6-5-7-12(15)2/h4-11,19H,1-3H3/b17-4-. The van der Waals surface area contributed by atoms with Crippen molar-refractivity contribution < 1.29 is 0 Å². The molecule has 0 amide bonds. The zero-order chi connectivity index (χ0) is 13.8. The maximum atomic E-state index is 3.21. The monoisotopic (exact) mass is 363 g/mol. The van der Waals surface area contributed by atoms with Gasteiger partial charge in [-0.2, -0.15) is 0 Å². The van der Waals surface area contributed by atoms with Crippen molar-refractivity contribution in [2.45, 2.75) is 20.8 Å². The molecule has 0 aromatic heterocycles. The van der Waals surface area contributed by atoms with Crippen LogP contribution in [0.25, 0.3) is 16.8 Å². The van der Waals surface area contributed by atoms with Crippen LogP contribution in [-0.4, -0.2) is 0 Å². The van der Waals surface area contributed by atoms with Crippen molar-refractivity contribution in [2.75, 3.05) is 0 Å². The second-order valence-electron chi connectivity index (χ2n) is 4.64. The first-order valence-corrected chi connectivity index (χ1v) is 7.45. The van der Waals surface area contributed by atoms with Gasteiger partial charge in [-0.25, -0.2) is 0 Å². The van der Waals surface area contributed by atoms with Crippen LogP contribution >= 0.6 is 22.9 Å². The van der Waals surface area contributed by atoms with E-state index in [9.17, 15) is 0 Å². The lowest BCUT2D eigenvalue weighted by atomic mass is 9.94. The molecule has 0 radical (unpaired) electrons. The van der Waals surface area contributed by atoms with E-state index in [1.807, 2.05) is 6.92 Å². The first kappa shape index (κ1) is 14.1. The summed E-state index contributed by atoms with van der Waals surface area (Å²) in [6.45, 7) is 6.38. The summed E-state index contributed by atoms with van der Waals surface area (Å²) in [5.74, 6) is 0. The lowest BCUT2D eigenvalue weighted by Gasteiger charge is -2.13. The largest absolute Gasteiger partial charge is 0.328 e. The van der Waals surface area contributed by atoms with Crippen LogP contribution in [0.15, 0.2) is 48.5 Å². The Morgan fingerprint density at radius 3 is 2.32 bits per heavy atom. The summed E-state index contributed by atoms with van der Waals surface area (Å²) in [4.78, 5) is 0. The minimum atomic E-state index is 1.15. The average Bonchev–Trinajstić information content (AvgIpc) is 2.43. The van der Waals surface area contributed by atoms with Crippen LogP contribution in [-0.2, 0) is 0 Å². The summed E-state index contributed by atoms with van der Waals surface area (Å²) < 4.78 is 3.21. The van der Waals surface area contributed by atoms with Crippen LogP contribution in [0, 0.1) is 13.8 Å². The first-order chi connectivity index (χ1) is 9.17.